The van der Waals surface area contributed by atoms with Gasteiger partial charge in [-0.2, -0.15) is 0 Å². The zero-order valence-corrected chi connectivity index (χ0v) is 15.9. The van der Waals surface area contributed by atoms with Gasteiger partial charge in [0.2, 0.25) is 0 Å². The normalized spacial score (nSPS) is 11.6. The number of ether oxygens (including phenoxy) is 2. The van der Waals surface area contributed by atoms with Gasteiger partial charge in [-0.05, 0) is 75.6 Å². The van der Waals surface area contributed by atoms with E-state index in [4.69, 9.17) is 9.47 Å². The van der Waals surface area contributed by atoms with Crippen LogP contribution >= 0.6 is 0 Å². The highest BCUT2D eigenvalue weighted by atomic mass is 16.5. The second-order valence-electron chi connectivity index (χ2n) is 6.26. The highest BCUT2D eigenvalue weighted by Gasteiger charge is 2.17. The quantitative estimate of drug-likeness (QED) is 0.789. The van der Waals surface area contributed by atoms with Crippen LogP contribution < -0.4 is 10.1 Å². The van der Waals surface area contributed by atoms with Gasteiger partial charge in [0.1, 0.15) is 5.75 Å². The van der Waals surface area contributed by atoms with Crippen LogP contribution in [0.5, 0.6) is 5.75 Å². The molecule has 0 aliphatic heterocycles. The van der Waals surface area contributed by atoms with Crippen LogP contribution in [-0.4, -0.2) is 24.6 Å². The maximum absolute atomic E-state index is 12.5. The molecule has 0 aliphatic rings. The Bertz CT molecular complexity index is 814. The molecule has 26 heavy (non-hydrogen) atoms. The van der Waals surface area contributed by atoms with Crippen molar-refractivity contribution in [1.29, 1.82) is 0 Å². The second kappa shape index (κ2) is 8.52. The van der Waals surface area contributed by atoms with Gasteiger partial charge in [0.05, 0.1) is 12.2 Å². The van der Waals surface area contributed by atoms with Gasteiger partial charge in [0.15, 0.2) is 6.10 Å². The molecule has 1 N–H and O–H groups in total. The van der Waals surface area contributed by atoms with Crippen molar-refractivity contribution in [2.75, 3.05) is 11.9 Å². The Labute approximate surface area is 154 Å². The molecule has 0 aliphatic carbocycles. The second-order valence-corrected chi connectivity index (χ2v) is 6.26. The fraction of sp³-hybridized carbons (Fsp3) is 0.333. The van der Waals surface area contributed by atoms with Gasteiger partial charge in [0.25, 0.3) is 5.91 Å². The van der Waals surface area contributed by atoms with E-state index < -0.39 is 12.1 Å². The summed E-state index contributed by atoms with van der Waals surface area (Å²) in [6.07, 6.45) is -0.679. The Hall–Kier alpha value is -2.82. The molecule has 2 aromatic carbocycles. The first kappa shape index (κ1) is 19.5. The van der Waals surface area contributed by atoms with E-state index in [9.17, 15) is 9.59 Å². The fourth-order valence-corrected chi connectivity index (χ4v) is 2.55. The van der Waals surface area contributed by atoms with Crippen molar-refractivity contribution in [2.45, 2.75) is 40.7 Å². The number of anilines is 1. The fourth-order valence-electron chi connectivity index (χ4n) is 2.55. The molecule has 2 rings (SSSR count). The number of amides is 1. The van der Waals surface area contributed by atoms with Gasteiger partial charge in [0, 0.05) is 5.69 Å². The number of benzene rings is 2. The predicted octanol–water partition coefficient (Wildman–Crippen LogP) is 4.19. The summed E-state index contributed by atoms with van der Waals surface area (Å²) in [4.78, 5) is 24.3. The Morgan fingerprint density at radius 3 is 2.54 bits per heavy atom. The summed E-state index contributed by atoms with van der Waals surface area (Å²) < 4.78 is 10.8. The molecule has 1 amide bonds. The largest absolute Gasteiger partial charge is 0.481 e. The van der Waals surface area contributed by atoms with Crippen molar-refractivity contribution >= 4 is 17.6 Å². The van der Waals surface area contributed by atoms with E-state index in [2.05, 4.69) is 11.4 Å². The molecule has 0 fully saturated rings. The third-order valence-electron chi connectivity index (χ3n) is 4.08. The van der Waals surface area contributed by atoms with E-state index in [0.29, 0.717) is 23.6 Å². The van der Waals surface area contributed by atoms with Crippen molar-refractivity contribution < 1.29 is 19.1 Å². The van der Waals surface area contributed by atoms with Gasteiger partial charge in [-0.3, -0.25) is 4.79 Å². The number of hydrogen-bond acceptors (Lipinski definition) is 4. The molecule has 0 saturated heterocycles. The molecule has 0 heterocycles. The lowest BCUT2D eigenvalue weighted by Crippen LogP contribution is -2.30. The van der Waals surface area contributed by atoms with Crippen LogP contribution in [0.25, 0.3) is 0 Å². The van der Waals surface area contributed by atoms with E-state index in [1.54, 1.807) is 38.1 Å². The summed E-state index contributed by atoms with van der Waals surface area (Å²) >= 11 is 0. The molecular formula is C21H25NO4. The first-order valence-corrected chi connectivity index (χ1v) is 8.64. The average Bonchev–Trinajstić information content (AvgIpc) is 2.59. The molecule has 0 unspecified atom stereocenters. The van der Waals surface area contributed by atoms with Crippen LogP contribution in [0, 0.1) is 20.8 Å². The summed E-state index contributed by atoms with van der Waals surface area (Å²) in [5.41, 5.74) is 4.13. The molecular weight excluding hydrogens is 330 g/mol. The number of nitrogens with one attached hydrogen (secondary N) is 1. The number of hydrogen-bond donors (Lipinski definition) is 1. The Morgan fingerprint density at radius 2 is 1.85 bits per heavy atom. The number of esters is 1. The SMILES string of the molecule is CCOC(=O)c1cccc(NC(=O)[C@H](C)Oc2cc(C)cc(C)c2C)c1. The Kier molecular flexibility index (Phi) is 6.39. The van der Waals surface area contributed by atoms with Gasteiger partial charge < -0.3 is 14.8 Å². The Morgan fingerprint density at radius 1 is 1.12 bits per heavy atom. The summed E-state index contributed by atoms with van der Waals surface area (Å²) in [5.74, 6) is -0.00579. The minimum atomic E-state index is -0.679. The first-order chi connectivity index (χ1) is 12.3. The minimum absolute atomic E-state index is 0.287. The van der Waals surface area contributed by atoms with E-state index in [1.165, 1.54) is 0 Å². The smallest absolute Gasteiger partial charge is 0.338 e. The molecule has 2 aromatic rings. The number of carbonyl (C=O) groups is 2. The summed E-state index contributed by atoms with van der Waals surface area (Å²) in [7, 11) is 0. The zero-order valence-electron chi connectivity index (χ0n) is 15.9. The van der Waals surface area contributed by atoms with Crippen LogP contribution in [0.3, 0.4) is 0 Å². The molecule has 1 atom stereocenters. The summed E-state index contributed by atoms with van der Waals surface area (Å²) in [5, 5.41) is 2.78. The van der Waals surface area contributed by atoms with Crippen LogP contribution in [0.4, 0.5) is 5.69 Å². The number of carbonyl (C=O) groups excluding carboxylic acids is 2. The van der Waals surface area contributed by atoms with Crippen LogP contribution in [-0.2, 0) is 9.53 Å². The molecule has 0 saturated carbocycles. The van der Waals surface area contributed by atoms with Crippen molar-refractivity contribution in [3.8, 4) is 5.75 Å². The lowest BCUT2D eigenvalue weighted by molar-refractivity contribution is -0.122. The summed E-state index contributed by atoms with van der Waals surface area (Å²) in [6.45, 7) is 9.72. The first-order valence-electron chi connectivity index (χ1n) is 8.64. The minimum Gasteiger partial charge on any atom is -0.481 e. The average molecular weight is 355 g/mol. The molecule has 138 valence electrons. The highest BCUT2D eigenvalue weighted by Crippen LogP contribution is 2.24. The van der Waals surface area contributed by atoms with Crippen LogP contribution in [0.2, 0.25) is 0 Å². The van der Waals surface area contributed by atoms with Gasteiger partial charge in [-0.15, -0.1) is 0 Å². The van der Waals surface area contributed by atoms with Crippen molar-refractivity contribution in [3.63, 3.8) is 0 Å². The Balaban J connectivity index is 2.08. The van der Waals surface area contributed by atoms with E-state index >= 15 is 0 Å². The topological polar surface area (TPSA) is 64.6 Å². The summed E-state index contributed by atoms with van der Waals surface area (Å²) in [6, 6.07) is 10.6. The van der Waals surface area contributed by atoms with E-state index in [1.807, 2.05) is 26.8 Å². The molecule has 0 bridgehead atoms. The van der Waals surface area contributed by atoms with Gasteiger partial charge >= 0.3 is 5.97 Å². The monoisotopic (exact) mass is 355 g/mol. The van der Waals surface area contributed by atoms with Gasteiger partial charge in [-0.1, -0.05) is 12.1 Å². The zero-order chi connectivity index (χ0) is 19.3. The van der Waals surface area contributed by atoms with Crippen molar-refractivity contribution in [1.82, 2.24) is 0 Å². The number of aryl methyl sites for hydroxylation is 2. The molecule has 0 aromatic heterocycles. The van der Waals surface area contributed by atoms with Crippen molar-refractivity contribution in [3.05, 3.63) is 58.7 Å². The maximum atomic E-state index is 12.5. The van der Waals surface area contributed by atoms with E-state index in [-0.39, 0.29) is 5.91 Å². The van der Waals surface area contributed by atoms with Crippen LogP contribution in [0.1, 0.15) is 40.9 Å². The van der Waals surface area contributed by atoms with Gasteiger partial charge in [-0.25, -0.2) is 4.79 Å². The molecule has 0 spiro atoms. The number of rotatable bonds is 6. The lowest BCUT2D eigenvalue weighted by Gasteiger charge is -2.18. The van der Waals surface area contributed by atoms with Crippen molar-refractivity contribution in [2.24, 2.45) is 0 Å². The predicted molar refractivity (Wildman–Crippen MR) is 102 cm³/mol. The third-order valence-corrected chi connectivity index (χ3v) is 4.08. The van der Waals surface area contributed by atoms with Crippen LogP contribution in [0.15, 0.2) is 36.4 Å². The third kappa shape index (κ3) is 4.85. The molecule has 5 heteroatoms. The standard InChI is InChI=1S/C21H25NO4/c1-6-25-21(24)17-8-7-9-18(12-17)22-20(23)16(5)26-19-11-13(2)10-14(3)15(19)4/h7-12,16H,6H2,1-5H3,(H,22,23)/t16-/m0/s1. The highest BCUT2D eigenvalue weighted by molar-refractivity contribution is 5.96. The maximum Gasteiger partial charge on any atom is 0.338 e. The molecule has 0 radical (unpaired) electrons. The molecule has 5 nitrogen and oxygen atoms in total. The van der Waals surface area contributed by atoms with E-state index in [0.717, 1.165) is 16.7 Å². The lowest BCUT2D eigenvalue weighted by atomic mass is 10.1.